The number of carbonyl (C=O) groups excluding carboxylic acids is 1. The van der Waals surface area contributed by atoms with Crippen molar-refractivity contribution >= 4 is 41.7 Å². The molecule has 10 nitrogen and oxygen atoms in total. The highest BCUT2D eigenvalue weighted by Crippen LogP contribution is 2.34. The number of amides is 2. The zero-order chi connectivity index (χ0) is 35.3. The van der Waals surface area contributed by atoms with Crippen LogP contribution in [0.4, 0.5) is 16.3 Å². The van der Waals surface area contributed by atoms with Crippen molar-refractivity contribution in [1.29, 1.82) is 0 Å². The van der Waals surface area contributed by atoms with Crippen LogP contribution in [0.25, 0.3) is 16.5 Å². The summed E-state index contributed by atoms with van der Waals surface area (Å²) in [4.78, 5) is 24.7. The fourth-order valence-corrected chi connectivity index (χ4v) is 6.34. The minimum Gasteiger partial charge on any atom is -0.492 e. The summed E-state index contributed by atoms with van der Waals surface area (Å²) in [5.41, 5.74) is 3.73. The van der Waals surface area contributed by atoms with Crippen LogP contribution in [-0.4, -0.2) is 66.0 Å². The van der Waals surface area contributed by atoms with Gasteiger partial charge in [0, 0.05) is 41.3 Å². The second kappa shape index (κ2) is 14.9. The number of ether oxygens (including phenoxy) is 2. The molecule has 0 aliphatic rings. The smallest absolute Gasteiger partial charge is 0.324 e. The molecule has 0 unspecified atom stereocenters. The molecule has 2 heterocycles. The van der Waals surface area contributed by atoms with Crippen LogP contribution in [0.1, 0.15) is 17.0 Å². The molecule has 256 valence electrons. The van der Waals surface area contributed by atoms with Gasteiger partial charge in [0.05, 0.1) is 11.4 Å². The molecule has 0 saturated carbocycles. The molecule has 4 aromatic carbocycles. The van der Waals surface area contributed by atoms with E-state index in [0.29, 0.717) is 42.0 Å². The highest BCUT2D eigenvalue weighted by molar-refractivity contribution is 6.88. The number of aryl methyl sites for hydroxylation is 1. The number of hydrogen-bond donors (Lipinski definition) is 2. The molecule has 0 bridgehead atoms. The number of carbonyl (C=O) groups is 1. The molecule has 2 N–H and O–H groups in total. The summed E-state index contributed by atoms with van der Waals surface area (Å²) in [5.74, 6) is 3.11. The van der Waals surface area contributed by atoms with E-state index in [9.17, 15) is 4.79 Å². The highest BCUT2D eigenvalue weighted by Gasteiger charge is 2.24. The average Bonchev–Trinajstić information content (AvgIpc) is 3.51. The fraction of sp³-hybridized carbons (Fsp3) is 0.231. The standard InChI is InChI=1S/C39H43N7O3Si/c1-27-14-16-29(17-15-27)46-36(26-38(44-46)50(4,5)6)43-39(47)41-33-18-19-34(32-13-8-7-12-31(32)33)49-37-20-21-40-35(42-37)25-28-10-9-11-30(24-28)48-23-22-45(2)3/h7-21,24,26H,22-23,25H2,1-6H3,(H2,41,43,47). The maximum atomic E-state index is 13.5. The van der Waals surface area contributed by atoms with Gasteiger partial charge >= 0.3 is 6.03 Å². The van der Waals surface area contributed by atoms with Gasteiger partial charge in [-0.1, -0.05) is 73.7 Å². The summed E-state index contributed by atoms with van der Waals surface area (Å²) in [6.07, 6.45) is 2.23. The van der Waals surface area contributed by atoms with Crippen LogP contribution >= 0.6 is 0 Å². The molecule has 6 aromatic rings. The van der Waals surface area contributed by atoms with E-state index in [2.05, 4.69) is 40.2 Å². The van der Waals surface area contributed by atoms with E-state index in [1.165, 1.54) is 0 Å². The van der Waals surface area contributed by atoms with Gasteiger partial charge in [-0.2, -0.15) is 10.1 Å². The van der Waals surface area contributed by atoms with Crippen LogP contribution in [-0.2, 0) is 6.42 Å². The third-order valence-corrected chi connectivity index (χ3v) is 9.87. The van der Waals surface area contributed by atoms with E-state index in [1.54, 1.807) is 16.9 Å². The van der Waals surface area contributed by atoms with Crippen molar-refractivity contribution in [2.45, 2.75) is 33.0 Å². The monoisotopic (exact) mass is 685 g/mol. The third kappa shape index (κ3) is 8.54. The van der Waals surface area contributed by atoms with Gasteiger partial charge in [0.25, 0.3) is 0 Å². The van der Waals surface area contributed by atoms with Gasteiger partial charge in [-0.25, -0.2) is 14.5 Å². The average molecular weight is 686 g/mol. The Morgan fingerprint density at radius 3 is 2.42 bits per heavy atom. The molecule has 0 fully saturated rings. The SMILES string of the molecule is Cc1ccc(-n2nc([Si](C)(C)C)cc2NC(=O)Nc2ccc(Oc3ccnc(Cc4cccc(OCCN(C)C)c4)n3)c3ccccc23)cc1. The van der Waals surface area contributed by atoms with Crippen molar-refractivity contribution in [1.82, 2.24) is 24.6 Å². The minimum absolute atomic E-state index is 0.369. The number of urea groups is 1. The van der Waals surface area contributed by atoms with E-state index in [-0.39, 0.29) is 6.03 Å². The normalized spacial score (nSPS) is 11.5. The summed E-state index contributed by atoms with van der Waals surface area (Å²) in [5, 5.41) is 13.6. The highest BCUT2D eigenvalue weighted by atomic mass is 28.3. The van der Waals surface area contributed by atoms with Gasteiger partial charge in [0.15, 0.2) is 0 Å². The van der Waals surface area contributed by atoms with E-state index in [1.807, 2.05) is 112 Å². The summed E-state index contributed by atoms with van der Waals surface area (Å²) in [7, 11) is 2.29. The summed E-state index contributed by atoms with van der Waals surface area (Å²) >= 11 is 0. The molecule has 6 rings (SSSR count). The van der Waals surface area contributed by atoms with Gasteiger partial charge in [-0.05, 0) is 69.0 Å². The van der Waals surface area contributed by atoms with E-state index in [4.69, 9.17) is 19.6 Å². The van der Waals surface area contributed by atoms with Crippen molar-refractivity contribution < 1.29 is 14.3 Å². The minimum atomic E-state index is -1.75. The van der Waals surface area contributed by atoms with E-state index in [0.717, 1.165) is 45.2 Å². The third-order valence-electron chi connectivity index (χ3n) is 8.09. The number of aromatic nitrogens is 4. The number of nitrogens with zero attached hydrogens (tertiary/aromatic N) is 5. The Hall–Kier alpha value is -5.52. The van der Waals surface area contributed by atoms with Crippen LogP contribution in [0.15, 0.2) is 103 Å². The van der Waals surface area contributed by atoms with Gasteiger partial charge in [0.2, 0.25) is 5.88 Å². The summed E-state index contributed by atoms with van der Waals surface area (Å²) in [6, 6.07) is 30.9. The molecule has 2 aromatic heterocycles. The topological polar surface area (TPSA) is 106 Å². The molecule has 0 spiro atoms. The van der Waals surface area contributed by atoms with Gasteiger partial charge in [0.1, 0.15) is 37.8 Å². The molecule has 0 atom stereocenters. The lowest BCUT2D eigenvalue weighted by Gasteiger charge is -2.14. The maximum Gasteiger partial charge on any atom is 0.324 e. The van der Waals surface area contributed by atoms with Crippen LogP contribution in [0, 0.1) is 6.92 Å². The lowest BCUT2D eigenvalue weighted by atomic mass is 10.1. The first-order chi connectivity index (χ1) is 24.0. The zero-order valence-corrected chi connectivity index (χ0v) is 30.4. The number of anilines is 2. The quantitative estimate of drug-likeness (QED) is 0.128. The van der Waals surface area contributed by atoms with Crippen molar-refractivity contribution in [3.8, 4) is 23.1 Å². The number of hydrogen-bond acceptors (Lipinski definition) is 7. The Labute approximate surface area is 294 Å². The Bertz CT molecular complexity index is 2110. The van der Waals surface area contributed by atoms with E-state index >= 15 is 0 Å². The zero-order valence-electron chi connectivity index (χ0n) is 29.4. The molecule has 50 heavy (non-hydrogen) atoms. The molecule has 2 amide bonds. The van der Waals surface area contributed by atoms with Crippen molar-refractivity contribution in [2.75, 3.05) is 37.9 Å². The molecule has 0 radical (unpaired) electrons. The molecular formula is C39H43N7O3Si. The van der Waals surface area contributed by atoms with Crippen LogP contribution < -0.4 is 25.4 Å². The Kier molecular flexibility index (Phi) is 10.3. The maximum absolute atomic E-state index is 13.5. The second-order valence-electron chi connectivity index (χ2n) is 13.5. The predicted molar refractivity (Wildman–Crippen MR) is 203 cm³/mol. The molecular weight excluding hydrogens is 643 g/mol. The predicted octanol–water partition coefficient (Wildman–Crippen LogP) is 7.64. The number of benzene rings is 4. The Morgan fingerprint density at radius 2 is 1.66 bits per heavy atom. The van der Waals surface area contributed by atoms with E-state index < -0.39 is 8.07 Å². The summed E-state index contributed by atoms with van der Waals surface area (Å²) < 4.78 is 14.0. The van der Waals surface area contributed by atoms with Crippen LogP contribution in [0.2, 0.25) is 19.6 Å². The van der Waals surface area contributed by atoms with Gasteiger partial charge in [-0.15, -0.1) is 0 Å². The summed E-state index contributed by atoms with van der Waals surface area (Å²) in [6.45, 7) is 10.2. The lowest BCUT2D eigenvalue weighted by Crippen LogP contribution is -2.39. The molecule has 0 aliphatic carbocycles. The van der Waals surface area contributed by atoms with Crippen molar-refractivity contribution in [2.24, 2.45) is 0 Å². The second-order valence-corrected chi connectivity index (χ2v) is 18.5. The van der Waals surface area contributed by atoms with Crippen LogP contribution in [0.5, 0.6) is 17.4 Å². The Balaban J connectivity index is 1.18. The number of fused-ring (bicyclic) bond motifs is 1. The molecule has 0 saturated heterocycles. The van der Waals surface area contributed by atoms with Gasteiger partial charge < -0.3 is 19.7 Å². The largest absolute Gasteiger partial charge is 0.492 e. The first-order valence-corrected chi connectivity index (χ1v) is 20.2. The number of nitrogens with one attached hydrogen (secondary N) is 2. The lowest BCUT2D eigenvalue weighted by molar-refractivity contribution is 0.261. The first kappa shape index (κ1) is 34.3. The fourth-order valence-electron chi connectivity index (χ4n) is 5.37. The van der Waals surface area contributed by atoms with Gasteiger partial charge in [-0.3, -0.25) is 5.32 Å². The number of likely N-dealkylation sites (N-methyl/N-ethyl adjacent to an activating group) is 1. The molecule has 11 heteroatoms. The van der Waals surface area contributed by atoms with Crippen LogP contribution in [0.3, 0.4) is 0 Å². The van der Waals surface area contributed by atoms with Crippen molar-refractivity contribution in [3.05, 3.63) is 120 Å². The van der Waals surface area contributed by atoms with Crippen molar-refractivity contribution in [3.63, 3.8) is 0 Å². The Morgan fingerprint density at radius 1 is 0.880 bits per heavy atom. The number of rotatable bonds is 12. The molecule has 0 aliphatic heterocycles. The first-order valence-electron chi connectivity index (χ1n) is 16.7.